The molecule has 1 heterocycles. The van der Waals surface area contributed by atoms with E-state index >= 15 is 0 Å². The van der Waals surface area contributed by atoms with Gasteiger partial charge in [-0.2, -0.15) is 0 Å². The lowest BCUT2D eigenvalue weighted by molar-refractivity contribution is -0.0975. The molecule has 0 aliphatic heterocycles. The van der Waals surface area contributed by atoms with Gasteiger partial charge >= 0.3 is 0 Å². The third-order valence-electron chi connectivity index (χ3n) is 13.3. The van der Waals surface area contributed by atoms with E-state index in [-0.39, 0.29) is 23.2 Å². The number of halogens is 1. The zero-order valence-corrected chi connectivity index (χ0v) is 30.7. The smallest absolute Gasteiger partial charge is 0.162 e. The van der Waals surface area contributed by atoms with Crippen LogP contribution in [0.2, 0.25) is 0 Å². The second-order valence-electron chi connectivity index (χ2n) is 15.6. The van der Waals surface area contributed by atoms with E-state index in [1.165, 1.54) is 28.7 Å². The molecular weight excluding hydrogens is 636 g/mol. The summed E-state index contributed by atoms with van der Waals surface area (Å²) in [5, 5.41) is 18.8. The molecule has 4 aliphatic rings. The summed E-state index contributed by atoms with van der Waals surface area (Å²) in [6.45, 7) is 7.93. The summed E-state index contributed by atoms with van der Waals surface area (Å²) in [5.74, 6) is 6.07. The fourth-order valence-corrected chi connectivity index (χ4v) is 10.3. The van der Waals surface area contributed by atoms with E-state index < -0.39 is 5.60 Å². The van der Waals surface area contributed by atoms with E-state index in [0.717, 1.165) is 57.3 Å². The topological polar surface area (TPSA) is 58.3 Å². The van der Waals surface area contributed by atoms with Gasteiger partial charge in [0.15, 0.2) is 5.76 Å². The number of allylic oxidation sites excluding steroid dienone is 1. The second kappa shape index (κ2) is 14.9. The molecule has 0 saturated heterocycles. The Morgan fingerprint density at radius 3 is 2.10 bits per heavy atom. The Morgan fingerprint density at radius 1 is 0.880 bits per heavy atom. The van der Waals surface area contributed by atoms with Crippen LogP contribution in [-0.2, 0) is 6.42 Å². The highest BCUT2D eigenvalue weighted by atomic mass is 35.5. The van der Waals surface area contributed by atoms with Crippen molar-refractivity contribution in [3.8, 4) is 12.3 Å². The third-order valence-corrected chi connectivity index (χ3v) is 13.3. The number of hydrogen-bond acceptors (Lipinski definition) is 4. The van der Waals surface area contributed by atoms with Gasteiger partial charge < -0.3 is 14.9 Å². The summed E-state index contributed by atoms with van der Waals surface area (Å²) in [5.41, 5.74) is 6.10. The number of aromatic nitrogens is 1. The molecule has 0 radical (unpaired) electrons. The van der Waals surface area contributed by atoms with Crippen LogP contribution in [0.1, 0.15) is 106 Å². The number of benzene rings is 3. The van der Waals surface area contributed by atoms with Crippen molar-refractivity contribution in [2.75, 3.05) is 6.54 Å². The van der Waals surface area contributed by atoms with E-state index in [4.69, 9.17) is 10.9 Å². The normalized spacial score (nSPS) is 29.8. The minimum Gasteiger partial charge on any atom is -0.377 e. The van der Waals surface area contributed by atoms with Crippen LogP contribution in [0.4, 0.5) is 0 Å². The molecule has 7 atom stereocenters. The lowest BCUT2D eigenvalue weighted by atomic mass is 9.46. The van der Waals surface area contributed by atoms with E-state index in [1.807, 2.05) is 6.20 Å². The summed E-state index contributed by atoms with van der Waals surface area (Å²) in [6.07, 6.45) is 18.5. The summed E-state index contributed by atoms with van der Waals surface area (Å²) in [7, 11) is 0. The van der Waals surface area contributed by atoms with Crippen LogP contribution in [-0.4, -0.2) is 22.4 Å². The molecule has 4 nitrogen and oxygen atoms in total. The predicted molar refractivity (Wildman–Crippen MR) is 206 cm³/mol. The summed E-state index contributed by atoms with van der Waals surface area (Å²) >= 11 is 0. The molecule has 262 valence electrons. The van der Waals surface area contributed by atoms with Gasteiger partial charge in [-0.15, -0.1) is 18.8 Å². The van der Waals surface area contributed by atoms with Gasteiger partial charge in [-0.1, -0.05) is 121 Å². The van der Waals surface area contributed by atoms with Gasteiger partial charge in [0.2, 0.25) is 0 Å². The van der Waals surface area contributed by atoms with Gasteiger partial charge in [0, 0.05) is 22.9 Å². The SMILES string of the molecule is C#CC1(O)CCC2C3CCC4=Cc5oncc5CC4(C)C3CCC21C.CC(NCCC(c1ccccc1)c1ccccc1)c1ccccc1.Cl. The highest BCUT2D eigenvalue weighted by Gasteiger charge is 2.63. The molecule has 4 aromatic rings. The highest BCUT2D eigenvalue weighted by Crippen LogP contribution is 2.67. The van der Waals surface area contributed by atoms with Crippen LogP contribution >= 0.6 is 12.4 Å². The van der Waals surface area contributed by atoms with Crippen molar-refractivity contribution in [3.05, 3.63) is 131 Å². The van der Waals surface area contributed by atoms with E-state index in [2.05, 4.69) is 134 Å². The minimum atomic E-state index is -0.909. The second-order valence-corrected chi connectivity index (χ2v) is 15.6. The third kappa shape index (κ3) is 6.61. The van der Waals surface area contributed by atoms with Crippen molar-refractivity contribution >= 4 is 18.5 Å². The molecule has 50 heavy (non-hydrogen) atoms. The van der Waals surface area contributed by atoms with Crippen molar-refractivity contribution in [2.24, 2.45) is 28.6 Å². The highest BCUT2D eigenvalue weighted by molar-refractivity contribution is 5.85. The Morgan fingerprint density at radius 2 is 1.48 bits per heavy atom. The van der Waals surface area contributed by atoms with E-state index in [0.29, 0.717) is 29.7 Å². The Bertz CT molecular complexity index is 1740. The number of terminal acetylenes is 1. The lowest BCUT2D eigenvalue weighted by Crippen LogP contribution is -2.54. The molecule has 2 N–H and O–H groups in total. The number of fused-ring (bicyclic) bond motifs is 6. The molecule has 0 bridgehead atoms. The van der Waals surface area contributed by atoms with Crippen molar-refractivity contribution in [2.45, 2.75) is 89.7 Å². The molecule has 0 amide bonds. The van der Waals surface area contributed by atoms with Gasteiger partial charge in [0.25, 0.3) is 0 Å². The molecule has 4 aliphatic carbocycles. The Balaban J connectivity index is 0.000000170. The van der Waals surface area contributed by atoms with Crippen LogP contribution in [0.25, 0.3) is 6.08 Å². The molecule has 3 aromatic carbocycles. The molecule has 1 aromatic heterocycles. The van der Waals surface area contributed by atoms with Crippen LogP contribution in [0.15, 0.2) is 107 Å². The van der Waals surface area contributed by atoms with Gasteiger partial charge in [0.05, 0.1) is 6.20 Å². The average Bonchev–Trinajstić information content (AvgIpc) is 3.70. The van der Waals surface area contributed by atoms with Crippen LogP contribution in [0.3, 0.4) is 0 Å². The monoisotopic (exact) mass is 688 g/mol. The average molecular weight is 689 g/mol. The Hall–Kier alpha value is -3.62. The maximum atomic E-state index is 11.1. The quantitative estimate of drug-likeness (QED) is 0.190. The molecule has 7 unspecified atom stereocenters. The number of nitrogens with zero attached hydrogens (tertiary/aromatic N) is 1. The number of rotatable bonds is 7. The van der Waals surface area contributed by atoms with Gasteiger partial charge in [-0.25, -0.2) is 0 Å². The fraction of sp³-hybridized carbons (Fsp3) is 0.444. The molecule has 3 saturated carbocycles. The molecular formula is C45H53ClN2O2. The maximum absolute atomic E-state index is 11.1. The van der Waals surface area contributed by atoms with Crippen molar-refractivity contribution in [1.29, 1.82) is 0 Å². The fourth-order valence-electron chi connectivity index (χ4n) is 10.3. The Kier molecular flexibility index (Phi) is 10.8. The summed E-state index contributed by atoms with van der Waals surface area (Å²) < 4.78 is 5.43. The lowest BCUT2D eigenvalue weighted by Gasteiger charge is -2.58. The zero-order valence-electron chi connectivity index (χ0n) is 29.9. The first-order valence-corrected chi connectivity index (χ1v) is 18.5. The molecule has 3 fully saturated rings. The van der Waals surface area contributed by atoms with Crippen molar-refractivity contribution in [1.82, 2.24) is 10.5 Å². The molecule has 0 spiro atoms. The van der Waals surface area contributed by atoms with Crippen LogP contribution in [0.5, 0.6) is 0 Å². The van der Waals surface area contributed by atoms with Crippen molar-refractivity contribution < 1.29 is 9.63 Å². The van der Waals surface area contributed by atoms with Gasteiger partial charge in [0.1, 0.15) is 5.60 Å². The zero-order chi connectivity index (χ0) is 34.1. The first-order chi connectivity index (χ1) is 23.8. The van der Waals surface area contributed by atoms with Crippen LogP contribution in [0, 0.1) is 40.9 Å². The molecule has 8 rings (SSSR count). The number of aliphatic hydroxyl groups is 1. The molecule has 5 heteroatoms. The van der Waals surface area contributed by atoms with Crippen molar-refractivity contribution in [3.63, 3.8) is 0 Å². The van der Waals surface area contributed by atoms with Gasteiger partial charge in [-0.3, -0.25) is 0 Å². The first kappa shape index (κ1) is 36.2. The Labute approximate surface area is 305 Å². The van der Waals surface area contributed by atoms with Crippen LogP contribution < -0.4 is 5.32 Å². The minimum absolute atomic E-state index is 0. The largest absolute Gasteiger partial charge is 0.377 e. The van der Waals surface area contributed by atoms with E-state index in [1.54, 1.807) is 5.57 Å². The number of nitrogens with one attached hydrogen (secondary N) is 1. The first-order valence-electron chi connectivity index (χ1n) is 18.5. The summed E-state index contributed by atoms with van der Waals surface area (Å²) in [4.78, 5) is 0. The summed E-state index contributed by atoms with van der Waals surface area (Å²) in [6, 6.07) is 32.6. The van der Waals surface area contributed by atoms with Gasteiger partial charge in [-0.05, 0) is 111 Å². The number of hydrogen-bond donors (Lipinski definition) is 2. The standard InChI is InChI=1S/C23H25N.C22H27NO2.ClH/c1-19(20-11-5-2-6-12-20)24-18-17-23(21-13-7-3-8-14-21)22-15-9-4-10-16-22;1-4-22(24)10-8-18-16-6-5-15-11-19-14(13-23-25-19)12-20(15,2)17(16)7-9-21(18,22)3;/h2-16,19,23-24H,17-18H2,1H3;1,11,13,16-18,24H,5-10,12H2,2-3H3;1H. The predicted octanol–water partition coefficient (Wildman–Crippen LogP) is 10.2. The van der Waals surface area contributed by atoms with E-state index in [9.17, 15) is 5.11 Å². The maximum Gasteiger partial charge on any atom is 0.162 e.